The molecule has 2 N–H and O–H groups in total. The maximum atomic E-state index is 13.6. The first kappa shape index (κ1) is 32.0. The van der Waals surface area contributed by atoms with Gasteiger partial charge >= 0.3 is 11.9 Å². The van der Waals surface area contributed by atoms with Crippen molar-refractivity contribution in [1.29, 1.82) is 0 Å². The Labute approximate surface area is 239 Å². The minimum atomic E-state index is -1.20. The van der Waals surface area contributed by atoms with E-state index in [4.69, 9.17) is 9.47 Å². The van der Waals surface area contributed by atoms with Gasteiger partial charge in [0.1, 0.15) is 17.6 Å². The molecule has 3 aliphatic carbocycles. The number of esters is 1. The van der Waals surface area contributed by atoms with Gasteiger partial charge in [0.15, 0.2) is 5.78 Å². The van der Waals surface area contributed by atoms with Crippen LogP contribution in [0, 0.1) is 28.1 Å². The molecule has 0 saturated heterocycles. The molecule has 0 amide bonds. The highest BCUT2D eigenvalue weighted by atomic mass is 16.5. The van der Waals surface area contributed by atoms with Crippen molar-refractivity contribution in [2.75, 3.05) is 7.11 Å². The first-order chi connectivity index (χ1) is 18.4. The zero-order chi connectivity index (χ0) is 30.3. The molecule has 0 spiro atoms. The van der Waals surface area contributed by atoms with Gasteiger partial charge in [0, 0.05) is 31.4 Å². The number of Topliss-reactive ketones (excluding diaryl/α,β-unsaturated/α-hetero) is 1. The number of ether oxygens (including phenoxy) is 2. The Morgan fingerprint density at radius 2 is 1.70 bits per heavy atom. The molecule has 7 atom stereocenters. The van der Waals surface area contributed by atoms with Crippen molar-refractivity contribution in [3.05, 3.63) is 47.1 Å². The largest absolute Gasteiger partial charge is 0.481 e. The fourth-order valence-electron chi connectivity index (χ4n) is 8.25. The molecule has 40 heavy (non-hydrogen) atoms. The predicted molar refractivity (Wildman–Crippen MR) is 154 cm³/mol. The molecule has 1 unspecified atom stereocenters. The Balaban J connectivity index is 1.90. The Bertz CT molecular complexity index is 1150. The van der Waals surface area contributed by atoms with E-state index in [1.807, 2.05) is 44.2 Å². The number of aliphatic hydroxyl groups is 1. The average Bonchev–Trinajstić information content (AvgIpc) is 3.11. The van der Waals surface area contributed by atoms with Gasteiger partial charge in [0.2, 0.25) is 0 Å². The number of carbonyl (C=O) groups excluding carboxylic acids is 2. The Kier molecular flexibility index (Phi) is 9.12. The quantitative estimate of drug-likeness (QED) is 0.215. The number of ketones is 1. The van der Waals surface area contributed by atoms with Gasteiger partial charge in [-0.25, -0.2) is 0 Å². The van der Waals surface area contributed by atoms with E-state index in [9.17, 15) is 24.6 Å². The normalized spacial score (nSPS) is 36.9. The van der Waals surface area contributed by atoms with Crippen LogP contribution in [0.2, 0.25) is 0 Å². The number of allylic oxidation sites excluding steroid dienone is 7. The first-order valence-electron chi connectivity index (χ1n) is 14.4. The zero-order valence-corrected chi connectivity index (χ0v) is 25.7. The van der Waals surface area contributed by atoms with Crippen molar-refractivity contribution in [2.24, 2.45) is 28.1 Å². The second kappa shape index (κ2) is 11.4. The summed E-state index contributed by atoms with van der Waals surface area (Å²) in [5.41, 5.74) is -0.129. The highest BCUT2D eigenvalue weighted by Gasteiger charge is 2.68. The molecule has 3 aliphatic rings. The van der Waals surface area contributed by atoms with E-state index in [-0.39, 0.29) is 28.4 Å². The average molecular weight is 557 g/mol. The van der Waals surface area contributed by atoms with Gasteiger partial charge < -0.3 is 19.7 Å². The van der Waals surface area contributed by atoms with Crippen molar-refractivity contribution in [2.45, 2.75) is 105 Å². The van der Waals surface area contributed by atoms with Crippen LogP contribution < -0.4 is 0 Å². The molecule has 0 aromatic carbocycles. The lowest BCUT2D eigenvalue weighted by Gasteiger charge is -2.61. The first-order valence-corrected chi connectivity index (χ1v) is 14.4. The summed E-state index contributed by atoms with van der Waals surface area (Å²) in [5.74, 6) is -1.43. The summed E-state index contributed by atoms with van der Waals surface area (Å²) in [4.78, 5) is 38.1. The maximum absolute atomic E-state index is 13.6. The van der Waals surface area contributed by atoms with Gasteiger partial charge in [-0.2, -0.15) is 0 Å². The van der Waals surface area contributed by atoms with E-state index in [1.54, 1.807) is 27.9 Å². The molecule has 0 radical (unpaired) electrons. The third-order valence-corrected chi connectivity index (χ3v) is 10.2. The molecule has 0 aromatic heterocycles. The number of fused-ring (bicyclic) bond motifs is 3. The molecule has 0 aromatic rings. The molecule has 7 heteroatoms. The van der Waals surface area contributed by atoms with Crippen LogP contribution in [0.15, 0.2) is 47.1 Å². The van der Waals surface area contributed by atoms with E-state index < -0.39 is 35.2 Å². The summed E-state index contributed by atoms with van der Waals surface area (Å²) in [6.45, 7) is 14.8. The molecule has 0 heterocycles. The number of methoxy groups -OCH3 is 1. The van der Waals surface area contributed by atoms with Crippen molar-refractivity contribution >= 4 is 17.7 Å². The SMILES string of the molecule is COC(/C=C/C(C)=C/C=C/C(C)=C1\C(=O)C[C@H]2[C@@]3(C)CC[C@@H](OC(C)=O)[C@](C)(C(=O)O)[C@@H]3CC[C@]12C)C(C)(C)O. The molecular formula is C33H48O7. The lowest BCUT2D eigenvalue weighted by atomic mass is 9.42. The summed E-state index contributed by atoms with van der Waals surface area (Å²) in [7, 11) is 1.57. The predicted octanol–water partition coefficient (Wildman–Crippen LogP) is 5.98. The van der Waals surface area contributed by atoms with Gasteiger partial charge in [-0.3, -0.25) is 14.4 Å². The smallest absolute Gasteiger partial charge is 0.313 e. The fourth-order valence-corrected chi connectivity index (χ4v) is 8.25. The number of hydrogen-bond acceptors (Lipinski definition) is 6. The number of carboxylic acids is 1. The van der Waals surface area contributed by atoms with Crippen LogP contribution in [0.4, 0.5) is 0 Å². The Morgan fingerprint density at radius 1 is 1.05 bits per heavy atom. The molecule has 3 rings (SSSR count). The molecular weight excluding hydrogens is 508 g/mol. The summed E-state index contributed by atoms with van der Waals surface area (Å²) < 4.78 is 10.9. The van der Waals surface area contributed by atoms with Crippen LogP contribution >= 0.6 is 0 Å². The van der Waals surface area contributed by atoms with Crippen molar-refractivity contribution < 1.29 is 34.1 Å². The summed E-state index contributed by atoms with van der Waals surface area (Å²) in [5, 5.41) is 20.6. The molecule has 0 aliphatic heterocycles. The molecule has 3 fully saturated rings. The summed E-state index contributed by atoms with van der Waals surface area (Å²) in [6.07, 6.45) is 11.5. The summed E-state index contributed by atoms with van der Waals surface area (Å²) in [6, 6.07) is 0. The maximum Gasteiger partial charge on any atom is 0.313 e. The monoisotopic (exact) mass is 556 g/mol. The van der Waals surface area contributed by atoms with E-state index in [0.29, 0.717) is 25.7 Å². The van der Waals surface area contributed by atoms with Gasteiger partial charge in [-0.05, 0) is 83.1 Å². The standard InChI is InChI=1S/C33H48O7/c1-20(13-14-26(39-9)30(4,5)38)11-10-12-21(2)28-23(35)19-25-31(6)18-16-27(40-22(3)34)33(8,29(36)37)24(31)15-17-32(25,28)7/h10-14,24-27,38H,15-19H2,1-9H3,(H,36,37)/b12-10+,14-13+,20-11+,28-21+/t24-,25+,26?,27-,31+,32+,33-/m1/s1. The highest BCUT2D eigenvalue weighted by Crippen LogP contribution is 2.69. The molecule has 222 valence electrons. The van der Waals surface area contributed by atoms with Crippen LogP contribution in [-0.2, 0) is 23.9 Å². The minimum absolute atomic E-state index is 0.0228. The van der Waals surface area contributed by atoms with E-state index in [0.717, 1.165) is 23.1 Å². The van der Waals surface area contributed by atoms with Gasteiger partial charge in [0.25, 0.3) is 0 Å². The second-order valence-corrected chi connectivity index (χ2v) is 13.4. The molecule has 3 saturated carbocycles. The van der Waals surface area contributed by atoms with Gasteiger partial charge in [0.05, 0.1) is 5.60 Å². The number of hydrogen-bond donors (Lipinski definition) is 2. The molecule has 7 nitrogen and oxygen atoms in total. The molecule has 0 bridgehead atoms. The second-order valence-electron chi connectivity index (χ2n) is 13.4. The minimum Gasteiger partial charge on any atom is -0.481 e. The Morgan fingerprint density at radius 3 is 2.25 bits per heavy atom. The van der Waals surface area contributed by atoms with Crippen LogP contribution in [0.1, 0.15) is 87.5 Å². The third-order valence-electron chi connectivity index (χ3n) is 10.2. The summed E-state index contributed by atoms with van der Waals surface area (Å²) >= 11 is 0. The van der Waals surface area contributed by atoms with Crippen LogP contribution in [0.5, 0.6) is 0 Å². The lowest BCUT2D eigenvalue weighted by Crippen LogP contribution is -2.61. The number of aliphatic carboxylic acids is 1. The number of carbonyl (C=O) groups is 3. The third kappa shape index (κ3) is 5.64. The fraction of sp³-hybridized carbons (Fsp3) is 0.667. The number of rotatable bonds is 8. The zero-order valence-electron chi connectivity index (χ0n) is 25.7. The van der Waals surface area contributed by atoms with Crippen molar-refractivity contribution in [3.63, 3.8) is 0 Å². The van der Waals surface area contributed by atoms with Gasteiger partial charge in [-0.1, -0.05) is 49.8 Å². The lowest BCUT2D eigenvalue weighted by molar-refractivity contribution is -0.204. The van der Waals surface area contributed by atoms with Crippen LogP contribution in [0.25, 0.3) is 0 Å². The van der Waals surface area contributed by atoms with E-state index in [1.165, 1.54) is 6.92 Å². The van der Waals surface area contributed by atoms with E-state index in [2.05, 4.69) is 13.8 Å². The van der Waals surface area contributed by atoms with Crippen LogP contribution in [-0.4, -0.2) is 52.9 Å². The van der Waals surface area contributed by atoms with E-state index >= 15 is 0 Å². The van der Waals surface area contributed by atoms with Crippen molar-refractivity contribution in [1.82, 2.24) is 0 Å². The van der Waals surface area contributed by atoms with Crippen molar-refractivity contribution in [3.8, 4) is 0 Å². The van der Waals surface area contributed by atoms with Gasteiger partial charge in [-0.15, -0.1) is 0 Å². The Hall–Kier alpha value is -2.51. The highest BCUT2D eigenvalue weighted by molar-refractivity contribution is 6.01. The number of carboxylic acid groups (broad SMARTS) is 1. The van der Waals surface area contributed by atoms with Crippen LogP contribution in [0.3, 0.4) is 0 Å². The topological polar surface area (TPSA) is 110 Å².